The molecule has 0 amide bonds. The van der Waals surface area contributed by atoms with Crippen LogP contribution in [0, 0.1) is 6.92 Å². The summed E-state index contributed by atoms with van der Waals surface area (Å²) >= 11 is 0. The summed E-state index contributed by atoms with van der Waals surface area (Å²) < 4.78 is 5.78. The molecule has 0 saturated carbocycles. The molecule has 2 heterocycles. The molecular formula is C16H17NO2. The van der Waals surface area contributed by atoms with Crippen LogP contribution in [0.2, 0.25) is 0 Å². The van der Waals surface area contributed by atoms with Crippen molar-refractivity contribution in [1.29, 1.82) is 0 Å². The van der Waals surface area contributed by atoms with E-state index in [2.05, 4.69) is 29.2 Å². The zero-order valence-corrected chi connectivity index (χ0v) is 11.0. The fourth-order valence-electron chi connectivity index (χ4n) is 2.54. The van der Waals surface area contributed by atoms with Crippen LogP contribution in [0.25, 0.3) is 0 Å². The number of aromatic nitrogens is 1. The topological polar surface area (TPSA) is 42.4 Å². The zero-order chi connectivity index (χ0) is 13.2. The maximum absolute atomic E-state index is 9.98. The standard InChI is InChI=1S/C16H17NO2/c1-11-16(18)14-10-19-15(13(14)9-17-11)8-7-12-5-3-2-4-6-12/h2-6,9,15,18H,7-8,10H2,1H3. The van der Waals surface area contributed by atoms with Crippen LogP contribution in [-0.4, -0.2) is 10.1 Å². The van der Waals surface area contributed by atoms with Gasteiger partial charge in [0.2, 0.25) is 0 Å². The minimum atomic E-state index is 0.0502. The molecule has 19 heavy (non-hydrogen) atoms. The van der Waals surface area contributed by atoms with Gasteiger partial charge in [-0.3, -0.25) is 4.98 Å². The molecule has 0 radical (unpaired) electrons. The van der Waals surface area contributed by atoms with Crippen molar-refractivity contribution in [1.82, 2.24) is 4.98 Å². The maximum Gasteiger partial charge on any atom is 0.142 e. The number of hydrogen-bond donors (Lipinski definition) is 1. The second-order valence-corrected chi connectivity index (χ2v) is 4.95. The third kappa shape index (κ3) is 2.34. The molecule has 1 aromatic carbocycles. The van der Waals surface area contributed by atoms with Gasteiger partial charge in [-0.05, 0) is 25.3 Å². The van der Waals surface area contributed by atoms with Crippen LogP contribution in [0.5, 0.6) is 5.75 Å². The van der Waals surface area contributed by atoms with Crippen molar-refractivity contribution in [2.75, 3.05) is 0 Å². The lowest BCUT2D eigenvalue weighted by molar-refractivity contribution is 0.0598. The summed E-state index contributed by atoms with van der Waals surface area (Å²) in [4.78, 5) is 4.23. The Hall–Kier alpha value is -1.87. The molecule has 1 aliphatic rings. The van der Waals surface area contributed by atoms with Crippen molar-refractivity contribution in [2.45, 2.75) is 32.5 Å². The second kappa shape index (κ2) is 5.02. The first-order valence-corrected chi connectivity index (χ1v) is 6.58. The summed E-state index contributed by atoms with van der Waals surface area (Å²) in [5.41, 5.74) is 3.93. The highest BCUT2D eigenvalue weighted by molar-refractivity contribution is 5.43. The Balaban J connectivity index is 1.75. The Morgan fingerprint density at radius 2 is 2.11 bits per heavy atom. The number of nitrogens with zero attached hydrogens (tertiary/aromatic N) is 1. The van der Waals surface area contributed by atoms with E-state index in [0.717, 1.165) is 24.0 Å². The molecule has 3 heteroatoms. The Kier molecular flexibility index (Phi) is 3.22. The van der Waals surface area contributed by atoms with Crippen molar-refractivity contribution in [3.63, 3.8) is 0 Å². The van der Waals surface area contributed by atoms with Crippen molar-refractivity contribution in [3.8, 4) is 5.75 Å². The molecular weight excluding hydrogens is 238 g/mol. The average molecular weight is 255 g/mol. The van der Waals surface area contributed by atoms with E-state index in [1.165, 1.54) is 5.56 Å². The van der Waals surface area contributed by atoms with E-state index in [1.54, 1.807) is 0 Å². The van der Waals surface area contributed by atoms with Crippen molar-refractivity contribution in [2.24, 2.45) is 0 Å². The Morgan fingerprint density at radius 1 is 1.32 bits per heavy atom. The molecule has 3 nitrogen and oxygen atoms in total. The third-order valence-corrected chi connectivity index (χ3v) is 3.69. The quantitative estimate of drug-likeness (QED) is 0.915. The summed E-state index contributed by atoms with van der Waals surface area (Å²) in [7, 11) is 0. The van der Waals surface area contributed by atoms with E-state index >= 15 is 0 Å². The zero-order valence-electron chi connectivity index (χ0n) is 11.0. The van der Waals surface area contributed by atoms with Gasteiger partial charge in [0, 0.05) is 17.3 Å². The number of rotatable bonds is 3. The first-order valence-electron chi connectivity index (χ1n) is 6.58. The second-order valence-electron chi connectivity index (χ2n) is 4.95. The van der Waals surface area contributed by atoms with E-state index in [0.29, 0.717) is 18.1 Å². The SMILES string of the molecule is Cc1ncc2c(c1O)COC2CCc1ccccc1. The highest BCUT2D eigenvalue weighted by atomic mass is 16.5. The summed E-state index contributed by atoms with van der Waals surface area (Å²) in [6.07, 6.45) is 3.78. The van der Waals surface area contributed by atoms with Crippen molar-refractivity contribution >= 4 is 0 Å². The molecule has 1 atom stereocenters. The molecule has 1 aliphatic heterocycles. The van der Waals surface area contributed by atoms with Gasteiger partial charge in [0.05, 0.1) is 18.4 Å². The van der Waals surface area contributed by atoms with E-state index in [1.807, 2.05) is 19.2 Å². The molecule has 0 aliphatic carbocycles. The number of fused-ring (bicyclic) bond motifs is 1. The summed E-state index contributed by atoms with van der Waals surface area (Å²) in [5, 5.41) is 9.98. The molecule has 0 spiro atoms. The predicted molar refractivity (Wildman–Crippen MR) is 72.9 cm³/mol. The van der Waals surface area contributed by atoms with Gasteiger partial charge in [0.15, 0.2) is 0 Å². The lowest BCUT2D eigenvalue weighted by Gasteiger charge is -2.11. The fraction of sp³-hybridized carbons (Fsp3) is 0.312. The molecule has 1 aromatic heterocycles. The van der Waals surface area contributed by atoms with Crippen LogP contribution < -0.4 is 0 Å². The van der Waals surface area contributed by atoms with Gasteiger partial charge in [-0.25, -0.2) is 0 Å². The Bertz CT molecular complexity index is 581. The van der Waals surface area contributed by atoms with Gasteiger partial charge < -0.3 is 9.84 Å². The number of aryl methyl sites for hydroxylation is 2. The molecule has 0 saturated heterocycles. The number of ether oxygens (including phenoxy) is 1. The Labute approximate surface area is 112 Å². The van der Waals surface area contributed by atoms with Gasteiger partial charge in [-0.15, -0.1) is 0 Å². The molecule has 0 fully saturated rings. The number of aromatic hydroxyl groups is 1. The third-order valence-electron chi connectivity index (χ3n) is 3.69. The molecule has 2 aromatic rings. The number of benzene rings is 1. The number of hydrogen-bond acceptors (Lipinski definition) is 3. The van der Waals surface area contributed by atoms with Crippen molar-refractivity contribution in [3.05, 3.63) is 58.9 Å². The number of pyridine rings is 1. The van der Waals surface area contributed by atoms with Crippen molar-refractivity contribution < 1.29 is 9.84 Å². The fourth-order valence-corrected chi connectivity index (χ4v) is 2.54. The van der Waals surface area contributed by atoms with Gasteiger partial charge in [-0.2, -0.15) is 0 Å². The minimum absolute atomic E-state index is 0.0502. The normalized spacial score (nSPS) is 17.4. The maximum atomic E-state index is 9.98. The summed E-state index contributed by atoms with van der Waals surface area (Å²) in [6.45, 7) is 2.30. The molecule has 1 N–H and O–H groups in total. The lowest BCUT2D eigenvalue weighted by Crippen LogP contribution is -1.99. The van der Waals surface area contributed by atoms with Crippen LogP contribution in [-0.2, 0) is 17.8 Å². The largest absolute Gasteiger partial charge is 0.506 e. The van der Waals surface area contributed by atoms with Crippen LogP contribution >= 0.6 is 0 Å². The molecule has 0 bridgehead atoms. The van der Waals surface area contributed by atoms with Crippen LogP contribution in [0.1, 0.15) is 34.9 Å². The summed E-state index contributed by atoms with van der Waals surface area (Å²) in [5.74, 6) is 0.291. The van der Waals surface area contributed by atoms with Crippen LogP contribution in [0.15, 0.2) is 36.5 Å². The highest BCUT2D eigenvalue weighted by Gasteiger charge is 2.26. The van der Waals surface area contributed by atoms with Gasteiger partial charge in [0.1, 0.15) is 5.75 Å². The van der Waals surface area contributed by atoms with E-state index in [9.17, 15) is 5.11 Å². The Morgan fingerprint density at radius 3 is 2.89 bits per heavy atom. The van der Waals surface area contributed by atoms with Gasteiger partial charge >= 0.3 is 0 Å². The van der Waals surface area contributed by atoms with Gasteiger partial charge in [0.25, 0.3) is 0 Å². The average Bonchev–Trinajstić information content (AvgIpc) is 2.86. The first kappa shape index (κ1) is 12.2. The highest BCUT2D eigenvalue weighted by Crippen LogP contribution is 2.38. The summed E-state index contributed by atoms with van der Waals surface area (Å²) in [6, 6.07) is 10.4. The van der Waals surface area contributed by atoms with Crippen LogP contribution in [0.3, 0.4) is 0 Å². The first-order chi connectivity index (χ1) is 9.25. The van der Waals surface area contributed by atoms with E-state index in [-0.39, 0.29) is 6.10 Å². The van der Waals surface area contributed by atoms with Crippen LogP contribution in [0.4, 0.5) is 0 Å². The van der Waals surface area contributed by atoms with E-state index < -0.39 is 0 Å². The van der Waals surface area contributed by atoms with E-state index in [4.69, 9.17) is 4.74 Å². The molecule has 98 valence electrons. The minimum Gasteiger partial charge on any atom is -0.506 e. The predicted octanol–water partition coefficient (Wildman–Crippen LogP) is 3.30. The lowest BCUT2D eigenvalue weighted by atomic mass is 10.0. The molecule has 1 unspecified atom stereocenters. The smallest absolute Gasteiger partial charge is 0.142 e. The van der Waals surface area contributed by atoms with Gasteiger partial charge in [-0.1, -0.05) is 30.3 Å². The monoisotopic (exact) mass is 255 g/mol. The molecule has 3 rings (SSSR count).